The molecule has 0 aliphatic heterocycles. The molecule has 5 heteroatoms. The normalized spacial score (nSPS) is 14.1. The second kappa shape index (κ2) is 5.40. The molecule has 0 bridgehead atoms. The maximum atomic E-state index is 11.6. The number of benzene rings is 1. The van der Waals surface area contributed by atoms with Gasteiger partial charge in [-0.05, 0) is 37.5 Å². The minimum Gasteiger partial charge on any atom is -0.353 e. The number of carbonyl (C=O) groups is 2. The molecule has 1 fully saturated rings. The van der Waals surface area contributed by atoms with Crippen molar-refractivity contribution in [1.29, 1.82) is 0 Å². The quantitative estimate of drug-likeness (QED) is 0.822. The zero-order chi connectivity index (χ0) is 13.1. The van der Waals surface area contributed by atoms with Crippen LogP contribution in [0.15, 0.2) is 18.2 Å². The van der Waals surface area contributed by atoms with Crippen LogP contribution in [0.25, 0.3) is 0 Å². The summed E-state index contributed by atoms with van der Waals surface area (Å²) in [6, 6.07) is 5.53. The van der Waals surface area contributed by atoms with Crippen LogP contribution in [0.4, 0.5) is 5.69 Å². The highest BCUT2D eigenvalue weighted by molar-refractivity contribution is 6.31. The molecule has 0 spiro atoms. The van der Waals surface area contributed by atoms with Crippen molar-refractivity contribution in [3.63, 3.8) is 0 Å². The Labute approximate surface area is 111 Å². The van der Waals surface area contributed by atoms with E-state index in [2.05, 4.69) is 10.6 Å². The zero-order valence-electron chi connectivity index (χ0n) is 10.1. The molecule has 0 aromatic heterocycles. The van der Waals surface area contributed by atoms with Gasteiger partial charge < -0.3 is 10.6 Å². The maximum Gasteiger partial charge on any atom is 0.233 e. The van der Waals surface area contributed by atoms with E-state index in [0.29, 0.717) is 10.7 Å². The molecule has 1 aliphatic carbocycles. The standard InChI is InChI=1S/C13H15ClN2O2/c1-8-2-3-10(6-11(8)14)16-13(18)7-12(17)15-9-4-5-9/h2-3,6,9H,4-5,7H2,1H3,(H,15,17)(H,16,18). The van der Waals surface area contributed by atoms with Crippen molar-refractivity contribution in [1.82, 2.24) is 5.32 Å². The van der Waals surface area contributed by atoms with Crippen LogP contribution >= 0.6 is 11.6 Å². The number of hydrogen-bond donors (Lipinski definition) is 2. The Hall–Kier alpha value is -1.55. The third kappa shape index (κ3) is 3.74. The van der Waals surface area contributed by atoms with Crippen LogP contribution in [0.5, 0.6) is 0 Å². The highest BCUT2D eigenvalue weighted by atomic mass is 35.5. The highest BCUT2D eigenvalue weighted by Crippen LogP contribution is 2.20. The minimum absolute atomic E-state index is 0.151. The summed E-state index contributed by atoms with van der Waals surface area (Å²) in [6.07, 6.45) is 1.88. The van der Waals surface area contributed by atoms with Gasteiger partial charge in [0.1, 0.15) is 6.42 Å². The van der Waals surface area contributed by atoms with Crippen LogP contribution in [0.3, 0.4) is 0 Å². The highest BCUT2D eigenvalue weighted by Gasteiger charge is 2.24. The summed E-state index contributed by atoms with van der Waals surface area (Å²) in [6.45, 7) is 1.89. The summed E-state index contributed by atoms with van der Waals surface area (Å²) in [7, 11) is 0. The van der Waals surface area contributed by atoms with Crippen molar-refractivity contribution in [3.05, 3.63) is 28.8 Å². The van der Waals surface area contributed by atoms with E-state index in [1.54, 1.807) is 12.1 Å². The summed E-state index contributed by atoms with van der Waals surface area (Å²) in [4.78, 5) is 23.0. The molecule has 2 N–H and O–H groups in total. The van der Waals surface area contributed by atoms with E-state index in [9.17, 15) is 9.59 Å². The lowest BCUT2D eigenvalue weighted by Crippen LogP contribution is -2.29. The van der Waals surface area contributed by atoms with E-state index in [0.717, 1.165) is 18.4 Å². The molecule has 1 aromatic carbocycles. The maximum absolute atomic E-state index is 11.6. The summed E-state index contributed by atoms with van der Waals surface area (Å²) >= 11 is 5.95. The van der Waals surface area contributed by atoms with Gasteiger partial charge in [0, 0.05) is 16.8 Å². The fourth-order valence-electron chi connectivity index (χ4n) is 1.53. The fraction of sp³-hybridized carbons (Fsp3) is 0.385. The molecular weight excluding hydrogens is 252 g/mol. The van der Waals surface area contributed by atoms with Gasteiger partial charge in [-0.1, -0.05) is 17.7 Å². The van der Waals surface area contributed by atoms with E-state index in [1.165, 1.54) is 0 Å². The molecule has 0 heterocycles. The van der Waals surface area contributed by atoms with E-state index in [4.69, 9.17) is 11.6 Å². The topological polar surface area (TPSA) is 58.2 Å². The molecule has 0 atom stereocenters. The molecular formula is C13H15ClN2O2. The first kappa shape index (κ1) is 12.9. The Morgan fingerprint density at radius 3 is 2.67 bits per heavy atom. The first-order chi connectivity index (χ1) is 8.54. The lowest BCUT2D eigenvalue weighted by Gasteiger charge is -2.07. The van der Waals surface area contributed by atoms with Crippen molar-refractivity contribution in [3.8, 4) is 0 Å². The average molecular weight is 267 g/mol. The lowest BCUT2D eigenvalue weighted by atomic mass is 10.2. The number of nitrogens with one attached hydrogen (secondary N) is 2. The van der Waals surface area contributed by atoms with Crippen LogP contribution in [0, 0.1) is 6.92 Å². The van der Waals surface area contributed by atoms with Gasteiger partial charge in [0.05, 0.1) is 0 Å². The van der Waals surface area contributed by atoms with Gasteiger partial charge in [-0.15, -0.1) is 0 Å². The second-order valence-electron chi connectivity index (χ2n) is 4.53. The molecule has 18 heavy (non-hydrogen) atoms. The average Bonchev–Trinajstić information content (AvgIpc) is 3.07. The van der Waals surface area contributed by atoms with E-state index < -0.39 is 0 Å². The van der Waals surface area contributed by atoms with E-state index >= 15 is 0 Å². The van der Waals surface area contributed by atoms with Gasteiger partial charge in [0.25, 0.3) is 0 Å². The van der Waals surface area contributed by atoms with Crippen molar-refractivity contribution < 1.29 is 9.59 Å². The van der Waals surface area contributed by atoms with Gasteiger partial charge in [0.2, 0.25) is 11.8 Å². The van der Waals surface area contributed by atoms with Crippen LogP contribution in [-0.4, -0.2) is 17.9 Å². The second-order valence-corrected chi connectivity index (χ2v) is 4.94. The minimum atomic E-state index is -0.326. The fourth-order valence-corrected chi connectivity index (χ4v) is 1.71. The number of anilines is 1. The van der Waals surface area contributed by atoms with Crippen LogP contribution in [0.1, 0.15) is 24.8 Å². The van der Waals surface area contributed by atoms with Gasteiger partial charge in [-0.3, -0.25) is 9.59 Å². The molecule has 1 saturated carbocycles. The molecule has 2 amide bonds. The van der Waals surface area contributed by atoms with Crippen LogP contribution in [0.2, 0.25) is 5.02 Å². The summed E-state index contributed by atoms with van der Waals surface area (Å²) in [5.74, 6) is -0.554. The van der Waals surface area contributed by atoms with Gasteiger partial charge in [0.15, 0.2) is 0 Å². The predicted octanol–water partition coefficient (Wildman–Crippen LogP) is 2.26. The van der Waals surface area contributed by atoms with Crippen molar-refractivity contribution >= 4 is 29.1 Å². The molecule has 96 valence electrons. The Balaban J connectivity index is 1.85. The molecule has 1 aromatic rings. The van der Waals surface area contributed by atoms with Crippen molar-refractivity contribution in [2.75, 3.05) is 5.32 Å². The van der Waals surface area contributed by atoms with Crippen molar-refractivity contribution in [2.45, 2.75) is 32.2 Å². The summed E-state index contributed by atoms with van der Waals surface area (Å²) in [5, 5.41) is 6.01. The van der Waals surface area contributed by atoms with Crippen LogP contribution < -0.4 is 10.6 Å². The third-order valence-corrected chi connectivity index (χ3v) is 3.13. The molecule has 0 saturated heterocycles. The van der Waals surface area contributed by atoms with Crippen molar-refractivity contribution in [2.24, 2.45) is 0 Å². The number of amides is 2. The Morgan fingerprint density at radius 2 is 2.06 bits per heavy atom. The van der Waals surface area contributed by atoms with Crippen LogP contribution in [-0.2, 0) is 9.59 Å². The number of halogens is 1. The van der Waals surface area contributed by atoms with E-state index in [-0.39, 0.29) is 24.3 Å². The van der Waals surface area contributed by atoms with E-state index in [1.807, 2.05) is 13.0 Å². The Bertz CT molecular complexity index is 484. The SMILES string of the molecule is Cc1ccc(NC(=O)CC(=O)NC2CC2)cc1Cl. The Morgan fingerprint density at radius 1 is 1.33 bits per heavy atom. The molecule has 0 radical (unpaired) electrons. The summed E-state index contributed by atoms with van der Waals surface area (Å²) < 4.78 is 0. The third-order valence-electron chi connectivity index (χ3n) is 2.72. The number of aryl methyl sites for hydroxylation is 1. The molecule has 2 rings (SSSR count). The molecule has 4 nitrogen and oxygen atoms in total. The molecule has 1 aliphatic rings. The molecule has 0 unspecified atom stereocenters. The number of rotatable bonds is 4. The lowest BCUT2D eigenvalue weighted by molar-refractivity contribution is -0.126. The number of hydrogen-bond acceptors (Lipinski definition) is 2. The first-order valence-electron chi connectivity index (χ1n) is 5.90. The van der Waals surface area contributed by atoms with Gasteiger partial charge in [-0.2, -0.15) is 0 Å². The van der Waals surface area contributed by atoms with Gasteiger partial charge in [-0.25, -0.2) is 0 Å². The summed E-state index contributed by atoms with van der Waals surface area (Å²) in [5.41, 5.74) is 1.55. The zero-order valence-corrected chi connectivity index (χ0v) is 10.9. The first-order valence-corrected chi connectivity index (χ1v) is 6.28. The van der Waals surface area contributed by atoms with Gasteiger partial charge >= 0.3 is 0 Å². The smallest absolute Gasteiger partial charge is 0.233 e. The number of carbonyl (C=O) groups excluding carboxylic acids is 2. The predicted molar refractivity (Wildman–Crippen MR) is 70.6 cm³/mol. The monoisotopic (exact) mass is 266 g/mol. The Kier molecular flexibility index (Phi) is 3.87. The largest absolute Gasteiger partial charge is 0.353 e.